The SMILES string of the molecule is N#Cc1cccc(CN2CC[C@H](NS(=O)(=O)c3ccc(-c4cccnc4)s3)C2=O)c1. The maximum Gasteiger partial charge on any atom is 0.250 e. The lowest BCUT2D eigenvalue weighted by molar-refractivity contribution is -0.129. The van der Waals surface area contributed by atoms with Crippen molar-refractivity contribution in [3.8, 4) is 16.5 Å². The van der Waals surface area contributed by atoms with Gasteiger partial charge in [-0.25, -0.2) is 8.42 Å². The van der Waals surface area contributed by atoms with Crippen LogP contribution < -0.4 is 4.72 Å². The fourth-order valence-electron chi connectivity index (χ4n) is 3.34. The average molecular weight is 439 g/mol. The standard InChI is InChI=1S/C21H18N4O3S2/c22-12-15-3-1-4-16(11-15)14-25-10-8-18(21(25)26)24-30(27,28)20-7-6-19(29-20)17-5-2-9-23-13-17/h1-7,9,11,13,18,24H,8,10,14H2/t18-/m0/s1. The highest BCUT2D eigenvalue weighted by atomic mass is 32.2. The number of sulfonamides is 1. The molecule has 1 aliphatic rings. The van der Waals surface area contributed by atoms with E-state index in [0.717, 1.165) is 27.3 Å². The number of rotatable bonds is 6. The summed E-state index contributed by atoms with van der Waals surface area (Å²) < 4.78 is 28.3. The van der Waals surface area contributed by atoms with Crippen molar-refractivity contribution in [3.63, 3.8) is 0 Å². The summed E-state index contributed by atoms with van der Waals surface area (Å²) in [5.41, 5.74) is 2.20. The number of nitrogens with zero attached hydrogens (tertiary/aromatic N) is 3. The minimum Gasteiger partial charge on any atom is -0.337 e. The van der Waals surface area contributed by atoms with Gasteiger partial charge in [-0.15, -0.1) is 11.3 Å². The van der Waals surface area contributed by atoms with Crippen LogP contribution in [0.3, 0.4) is 0 Å². The van der Waals surface area contributed by atoms with E-state index in [-0.39, 0.29) is 10.1 Å². The Bertz CT molecular complexity index is 1220. The normalized spacial score (nSPS) is 16.6. The molecule has 1 saturated heterocycles. The van der Waals surface area contributed by atoms with E-state index in [1.807, 2.05) is 12.1 Å². The highest BCUT2D eigenvalue weighted by Crippen LogP contribution is 2.30. The number of carbonyl (C=O) groups excluding carboxylic acids is 1. The molecule has 9 heteroatoms. The largest absolute Gasteiger partial charge is 0.337 e. The van der Waals surface area contributed by atoms with E-state index in [1.54, 1.807) is 53.7 Å². The fourth-order valence-corrected chi connectivity index (χ4v) is 5.88. The second kappa shape index (κ2) is 8.36. The van der Waals surface area contributed by atoms with E-state index < -0.39 is 16.1 Å². The van der Waals surface area contributed by atoms with Crippen LogP contribution in [0.5, 0.6) is 0 Å². The predicted molar refractivity (Wildman–Crippen MR) is 113 cm³/mol. The molecule has 1 aromatic carbocycles. The van der Waals surface area contributed by atoms with E-state index in [2.05, 4.69) is 15.8 Å². The van der Waals surface area contributed by atoms with Crippen molar-refractivity contribution in [2.75, 3.05) is 6.54 Å². The van der Waals surface area contributed by atoms with Crippen molar-refractivity contribution < 1.29 is 13.2 Å². The van der Waals surface area contributed by atoms with E-state index in [0.29, 0.717) is 25.1 Å². The molecule has 3 aromatic rings. The summed E-state index contributed by atoms with van der Waals surface area (Å²) in [5.74, 6) is -0.259. The summed E-state index contributed by atoms with van der Waals surface area (Å²) >= 11 is 1.14. The summed E-state index contributed by atoms with van der Waals surface area (Å²) in [6.07, 6.45) is 3.73. The van der Waals surface area contributed by atoms with E-state index >= 15 is 0 Å². The molecular weight excluding hydrogens is 420 g/mol. The van der Waals surface area contributed by atoms with E-state index in [4.69, 9.17) is 5.26 Å². The molecular formula is C21H18N4O3S2. The number of hydrogen-bond donors (Lipinski definition) is 1. The van der Waals surface area contributed by atoms with Crippen molar-refractivity contribution in [3.05, 3.63) is 72.1 Å². The van der Waals surface area contributed by atoms with Gasteiger partial charge in [-0.1, -0.05) is 18.2 Å². The maximum atomic E-state index is 12.8. The van der Waals surface area contributed by atoms with E-state index in [9.17, 15) is 13.2 Å². The summed E-state index contributed by atoms with van der Waals surface area (Å²) in [7, 11) is -3.81. The van der Waals surface area contributed by atoms with E-state index in [1.165, 1.54) is 0 Å². The Morgan fingerprint density at radius 1 is 1.23 bits per heavy atom. The van der Waals surface area contributed by atoms with Crippen LogP contribution in [0.25, 0.3) is 10.4 Å². The number of likely N-dealkylation sites (tertiary alicyclic amines) is 1. The molecule has 0 bridgehead atoms. The minimum absolute atomic E-state index is 0.161. The second-order valence-corrected chi connectivity index (χ2v) is 9.92. The molecule has 7 nitrogen and oxygen atoms in total. The van der Waals surface area contributed by atoms with Crippen LogP contribution in [-0.2, 0) is 21.4 Å². The molecule has 1 atom stereocenters. The molecule has 0 unspecified atom stereocenters. The van der Waals surface area contributed by atoms with Gasteiger partial charge in [0.05, 0.1) is 11.6 Å². The van der Waals surface area contributed by atoms with Gasteiger partial charge in [-0.2, -0.15) is 9.98 Å². The van der Waals surface area contributed by atoms with Crippen molar-refractivity contribution in [2.24, 2.45) is 0 Å². The molecule has 1 amide bonds. The summed E-state index contributed by atoms with van der Waals surface area (Å²) in [5, 5.41) is 9.02. The Kier molecular flexibility index (Phi) is 5.63. The van der Waals surface area contributed by atoms with Crippen molar-refractivity contribution >= 4 is 27.3 Å². The van der Waals surface area contributed by atoms with Crippen LogP contribution in [0, 0.1) is 11.3 Å². The summed E-state index contributed by atoms with van der Waals surface area (Å²) in [4.78, 5) is 19.2. The first-order valence-corrected chi connectivity index (χ1v) is 11.6. The zero-order valence-electron chi connectivity index (χ0n) is 15.9. The van der Waals surface area contributed by atoms with Gasteiger partial charge in [0.25, 0.3) is 10.0 Å². The third-order valence-corrected chi connectivity index (χ3v) is 7.91. The maximum absolute atomic E-state index is 12.8. The highest BCUT2D eigenvalue weighted by molar-refractivity contribution is 7.91. The van der Waals surface area contributed by atoms with Gasteiger partial charge >= 0.3 is 0 Å². The van der Waals surface area contributed by atoms with Gasteiger partial charge in [0.15, 0.2) is 0 Å². The number of amides is 1. The second-order valence-electron chi connectivity index (χ2n) is 6.89. The zero-order chi connectivity index (χ0) is 21.1. The third kappa shape index (κ3) is 4.26. The number of nitriles is 1. The third-order valence-electron chi connectivity index (χ3n) is 4.82. The topological polar surface area (TPSA) is 103 Å². The van der Waals surface area contributed by atoms with Crippen molar-refractivity contribution in [1.29, 1.82) is 5.26 Å². The molecule has 0 saturated carbocycles. The molecule has 3 heterocycles. The van der Waals surface area contributed by atoms with Gasteiger partial charge in [-0.3, -0.25) is 9.78 Å². The Hall–Kier alpha value is -3.06. The monoisotopic (exact) mass is 438 g/mol. The lowest BCUT2D eigenvalue weighted by Gasteiger charge is -2.17. The number of pyridine rings is 1. The van der Waals surface area contributed by atoms with Gasteiger partial charge in [0, 0.05) is 35.9 Å². The number of nitrogens with one attached hydrogen (secondary N) is 1. The smallest absolute Gasteiger partial charge is 0.250 e. The molecule has 0 radical (unpaired) electrons. The Morgan fingerprint density at radius 2 is 2.10 bits per heavy atom. The Morgan fingerprint density at radius 3 is 2.87 bits per heavy atom. The van der Waals surface area contributed by atoms with Crippen LogP contribution in [0.15, 0.2) is 65.1 Å². The number of carbonyl (C=O) groups is 1. The number of aromatic nitrogens is 1. The number of benzene rings is 1. The first-order chi connectivity index (χ1) is 14.5. The summed E-state index contributed by atoms with van der Waals surface area (Å²) in [6, 6.07) is 15.3. The van der Waals surface area contributed by atoms with Gasteiger partial charge in [0.1, 0.15) is 10.3 Å². The molecule has 1 fully saturated rings. The van der Waals surface area contributed by atoms with Crippen LogP contribution in [0.4, 0.5) is 0 Å². The first kappa shape index (κ1) is 20.2. The van der Waals surface area contributed by atoms with Crippen LogP contribution >= 0.6 is 11.3 Å². The molecule has 1 N–H and O–H groups in total. The lowest BCUT2D eigenvalue weighted by Crippen LogP contribution is -2.41. The van der Waals surface area contributed by atoms with Gasteiger partial charge in [-0.05, 0) is 42.3 Å². The zero-order valence-corrected chi connectivity index (χ0v) is 17.5. The molecule has 0 aliphatic carbocycles. The van der Waals surface area contributed by atoms with Crippen molar-refractivity contribution in [1.82, 2.24) is 14.6 Å². The Labute approximate surface area is 178 Å². The lowest BCUT2D eigenvalue weighted by atomic mass is 10.1. The quantitative estimate of drug-likeness (QED) is 0.637. The van der Waals surface area contributed by atoms with Crippen LogP contribution in [0.2, 0.25) is 0 Å². The van der Waals surface area contributed by atoms with Crippen LogP contribution in [-0.4, -0.2) is 36.8 Å². The minimum atomic E-state index is -3.81. The van der Waals surface area contributed by atoms with Crippen LogP contribution in [0.1, 0.15) is 17.5 Å². The molecule has 0 spiro atoms. The number of thiophene rings is 1. The average Bonchev–Trinajstić information content (AvgIpc) is 3.38. The van der Waals surface area contributed by atoms with Gasteiger partial charge in [0.2, 0.25) is 5.91 Å². The fraction of sp³-hybridized carbons (Fsp3) is 0.190. The van der Waals surface area contributed by atoms with Gasteiger partial charge < -0.3 is 4.90 Å². The summed E-state index contributed by atoms with van der Waals surface area (Å²) in [6.45, 7) is 0.797. The molecule has 1 aliphatic heterocycles. The molecule has 2 aromatic heterocycles. The van der Waals surface area contributed by atoms with Crippen molar-refractivity contribution in [2.45, 2.75) is 23.2 Å². The highest BCUT2D eigenvalue weighted by Gasteiger charge is 2.35. The number of hydrogen-bond acceptors (Lipinski definition) is 6. The molecule has 152 valence electrons. The molecule has 4 rings (SSSR count). The predicted octanol–water partition coefficient (Wildman–Crippen LogP) is 2.76. The first-order valence-electron chi connectivity index (χ1n) is 9.27. The Balaban J connectivity index is 1.45. The molecule has 30 heavy (non-hydrogen) atoms.